The Labute approximate surface area is 161 Å². The number of carbonyl (C=O) groups excluding carboxylic acids is 1. The molecule has 1 aromatic rings. The van der Waals surface area contributed by atoms with Crippen LogP contribution in [0.2, 0.25) is 0 Å². The Morgan fingerprint density at radius 2 is 1.96 bits per heavy atom. The third kappa shape index (κ3) is 3.39. The first kappa shape index (κ1) is 18.9. The molecule has 1 unspecified atom stereocenters. The highest BCUT2D eigenvalue weighted by Crippen LogP contribution is 2.41. The van der Waals surface area contributed by atoms with Gasteiger partial charge in [-0.2, -0.15) is 18.3 Å². The Bertz CT molecular complexity index is 829. The van der Waals surface area contributed by atoms with E-state index in [1.807, 2.05) is 25.2 Å². The summed E-state index contributed by atoms with van der Waals surface area (Å²) in [4.78, 5) is 15.6. The van der Waals surface area contributed by atoms with Gasteiger partial charge in [-0.15, -0.1) is 5.11 Å². The highest BCUT2D eigenvalue weighted by atomic mass is 19.4. The number of benzene rings is 1. The van der Waals surface area contributed by atoms with E-state index in [0.717, 1.165) is 48.9 Å². The average Bonchev–Trinajstić information content (AvgIpc) is 3.11. The summed E-state index contributed by atoms with van der Waals surface area (Å²) in [6, 6.07) is 6.29. The van der Waals surface area contributed by atoms with Crippen LogP contribution in [0, 0.1) is 5.92 Å². The first-order chi connectivity index (χ1) is 13.4. The minimum atomic E-state index is -4.69. The van der Waals surface area contributed by atoms with Gasteiger partial charge in [0.05, 0.1) is 11.9 Å². The molecule has 1 aromatic carbocycles. The SMILES string of the molecule is CN(c1cccc2c1CN(C1=CN=NC(=O)C1C(F)(F)F)C2)C1CCNCC1. The minimum absolute atomic E-state index is 0.126. The van der Waals surface area contributed by atoms with Crippen molar-refractivity contribution < 1.29 is 18.0 Å². The second-order valence-corrected chi connectivity index (χ2v) is 7.45. The van der Waals surface area contributed by atoms with Crippen molar-refractivity contribution in [2.24, 2.45) is 16.1 Å². The molecule has 9 heteroatoms. The summed E-state index contributed by atoms with van der Waals surface area (Å²) in [5.74, 6) is -3.50. The van der Waals surface area contributed by atoms with E-state index in [4.69, 9.17) is 0 Å². The molecule has 0 aliphatic carbocycles. The van der Waals surface area contributed by atoms with Gasteiger partial charge in [0.25, 0.3) is 5.91 Å². The number of nitrogens with one attached hydrogen (secondary N) is 1. The number of hydrogen-bond acceptors (Lipinski definition) is 5. The van der Waals surface area contributed by atoms with Crippen molar-refractivity contribution >= 4 is 11.6 Å². The number of hydrogen-bond donors (Lipinski definition) is 1. The van der Waals surface area contributed by atoms with Gasteiger partial charge in [-0.05, 0) is 43.1 Å². The molecule has 0 aromatic heterocycles. The molecule has 0 radical (unpaired) electrons. The van der Waals surface area contributed by atoms with Gasteiger partial charge in [-0.3, -0.25) is 4.79 Å². The second kappa shape index (κ2) is 7.20. The van der Waals surface area contributed by atoms with Crippen molar-refractivity contribution in [1.29, 1.82) is 0 Å². The van der Waals surface area contributed by atoms with Gasteiger partial charge in [0.2, 0.25) is 0 Å². The molecular formula is C19H22F3N5O. The summed E-state index contributed by atoms with van der Waals surface area (Å²) in [5.41, 5.74) is 2.91. The molecule has 4 rings (SSSR count). The van der Waals surface area contributed by atoms with Crippen LogP contribution in [0.5, 0.6) is 0 Å². The van der Waals surface area contributed by atoms with Crippen LogP contribution in [-0.2, 0) is 17.9 Å². The number of nitrogens with zero attached hydrogens (tertiary/aromatic N) is 4. The monoisotopic (exact) mass is 393 g/mol. The third-order valence-corrected chi connectivity index (χ3v) is 5.78. The van der Waals surface area contributed by atoms with Crippen LogP contribution in [-0.4, -0.2) is 43.2 Å². The number of anilines is 1. The van der Waals surface area contributed by atoms with Crippen molar-refractivity contribution in [1.82, 2.24) is 10.2 Å². The molecule has 1 atom stereocenters. The maximum Gasteiger partial charge on any atom is 0.406 e. The fourth-order valence-electron chi connectivity index (χ4n) is 4.28. The van der Waals surface area contributed by atoms with E-state index < -0.39 is 18.0 Å². The number of piperidine rings is 1. The Morgan fingerprint density at radius 1 is 1.21 bits per heavy atom. The number of rotatable bonds is 3. The van der Waals surface area contributed by atoms with Gasteiger partial charge >= 0.3 is 6.18 Å². The lowest BCUT2D eigenvalue weighted by Crippen LogP contribution is -2.41. The smallest absolute Gasteiger partial charge is 0.371 e. The number of alkyl halides is 3. The number of fused-ring (bicyclic) bond motifs is 1. The van der Waals surface area contributed by atoms with Gasteiger partial charge in [0, 0.05) is 31.9 Å². The third-order valence-electron chi connectivity index (χ3n) is 5.78. The summed E-state index contributed by atoms with van der Waals surface area (Å²) in [6.07, 6.45) is -1.56. The van der Waals surface area contributed by atoms with Gasteiger partial charge in [-0.1, -0.05) is 12.1 Å². The molecule has 150 valence electrons. The molecular weight excluding hydrogens is 371 g/mol. The number of halogens is 3. The standard InChI is InChI=1S/C19H22F3N5O/c1-26(13-5-7-23-8-6-13)15-4-2-3-12-10-27(11-14(12)15)16-9-24-25-18(28)17(16)19(20,21)22/h2-4,9,13,17,23H,5-8,10-11H2,1H3. The zero-order chi connectivity index (χ0) is 19.9. The van der Waals surface area contributed by atoms with Crippen LogP contribution < -0.4 is 10.2 Å². The summed E-state index contributed by atoms with van der Waals surface area (Å²) in [6.45, 7) is 2.57. The van der Waals surface area contributed by atoms with Crippen LogP contribution in [0.15, 0.2) is 40.3 Å². The highest BCUT2D eigenvalue weighted by molar-refractivity contribution is 5.83. The Kier molecular flexibility index (Phi) is 4.86. The average molecular weight is 393 g/mol. The summed E-state index contributed by atoms with van der Waals surface area (Å²) >= 11 is 0. The largest absolute Gasteiger partial charge is 0.406 e. The molecule has 1 N–H and O–H groups in total. The van der Waals surface area contributed by atoms with Crippen molar-refractivity contribution in [3.05, 3.63) is 41.2 Å². The topological polar surface area (TPSA) is 60.3 Å². The Morgan fingerprint density at radius 3 is 2.68 bits per heavy atom. The summed E-state index contributed by atoms with van der Waals surface area (Å²) < 4.78 is 40.4. The molecule has 0 spiro atoms. The maximum atomic E-state index is 13.5. The fourth-order valence-corrected chi connectivity index (χ4v) is 4.28. The normalized spacial score (nSPS) is 23.0. The van der Waals surface area contributed by atoms with Gasteiger partial charge in [0.15, 0.2) is 5.92 Å². The van der Waals surface area contributed by atoms with Crippen molar-refractivity contribution in [3.63, 3.8) is 0 Å². The van der Waals surface area contributed by atoms with E-state index in [1.165, 1.54) is 0 Å². The quantitative estimate of drug-likeness (QED) is 0.857. The van der Waals surface area contributed by atoms with Crippen molar-refractivity contribution in [2.75, 3.05) is 25.0 Å². The molecule has 1 amide bonds. The molecule has 0 saturated carbocycles. The maximum absolute atomic E-state index is 13.5. The first-order valence-corrected chi connectivity index (χ1v) is 9.37. The van der Waals surface area contributed by atoms with Gasteiger partial charge < -0.3 is 15.1 Å². The number of azo groups is 1. The predicted octanol–water partition coefficient (Wildman–Crippen LogP) is 3.20. The number of amides is 1. The van der Waals surface area contributed by atoms with Crippen LogP contribution >= 0.6 is 0 Å². The number of carbonyl (C=O) groups is 1. The molecule has 1 saturated heterocycles. The lowest BCUT2D eigenvalue weighted by Gasteiger charge is -2.34. The second-order valence-electron chi connectivity index (χ2n) is 7.45. The molecule has 1 fully saturated rings. The first-order valence-electron chi connectivity index (χ1n) is 9.37. The van der Waals surface area contributed by atoms with Crippen LogP contribution in [0.3, 0.4) is 0 Å². The Balaban J connectivity index is 1.61. The molecule has 3 aliphatic rings. The zero-order valence-electron chi connectivity index (χ0n) is 15.5. The lowest BCUT2D eigenvalue weighted by molar-refractivity contribution is -0.177. The van der Waals surface area contributed by atoms with Crippen molar-refractivity contribution in [3.8, 4) is 0 Å². The van der Waals surface area contributed by atoms with E-state index >= 15 is 0 Å². The van der Waals surface area contributed by atoms with E-state index in [1.54, 1.807) is 4.90 Å². The van der Waals surface area contributed by atoms with E-state index in [2.05, 4.69) is 20.4 Å². The molecule has 0 bridgehead atoms. The zero-order valence-corrected chi connectivity index (χ0v) is 15.5. The molecule has 6 nitrogen and oxygen atoms in total. The molecule has 3 aliphatic heterocycles. The molecule has 28 heavy (non-hydrogen) atoms. The lowest BCUT2D eigenvalue weighted by atomic mass is 10.0. The molecule has 3 heterocycles. The van der Waals surface area contributed by atoms with Crippen molar-refractivity contribution in [2.45, 2.75) is 38.1 Å². The summed E-state index contributed by atoms with van der Waals surface area (Å²) in [7, 11) is 2.05. The van der Waals surface area contributed by atoms with Crippen LogP contribution in [0.25, 0.3) is 0 Å². The predicted molar refractivity (Wildman–Crippen MR) is 97.5 cm³/mol. The Hall–Kier alpha value is -2.42. The van der Waals surface area contributed by atoms with Gasteiger partial charge in [0.1, 0.15) is 0 Å². The van der Waals surface area contributed by atoms with E-state index in [0.29, 0.717) is 19.1 Å². The van der Waals surface area contributed by atoms with Crippen LogP contribution in [0.4, 0.5) is 18.9 Å². The van der Waals surface area contributed by atoms with E-state index in [9.17, 15) is 18.0 Å². The minimum Gasteiger partial charge on any atom is -0.371 e. The van der Waals surface area contributed by atoms with E-state index in [-0.39, 0.29) is 5.70 Å². The summed E-state index contributed by atoms with van der Waals surface area (Å²) in [5, 5.41) is 9.95. The van der Waals surface area contributed by atoms with Crippen LogP contribution in [0.1, 0.15) is 24.0 Å². The fraction of sp³-hybridized carbons (Fsp3) is 0.526. The van der Waals surface area contributed by atoms with Gasteiger partial charge in [-0.25, -0.2) is 0 Å². The highest BCUT2D eigenvalue weighted by Gasteiger charge is 2.50.